The van der Waals surface area contributed by atoms with E-state index in [-0.39, 0.29) is 6.61 Å². The van der Waals surface area contributed by atoms with E-state index in [2.05, 4.69) is 15.0 Å². The summed E-state index contributed by atoms with van der Waals surface area (Å²) in [6.07, 6.45) is 1.16. The third-order valence-corrected chi connectivity index (χ3v) is 7.01. The highest BCUT2D eigenvalue weighted by Gasteiger charge is 2.29. The molecule has 1 atom stereocenters. The van der Waals surface area contributed by atoms with E-state index in [4.69, 9.17) is 23.9 Å². The topological polar surface area (TPSA) is 109 Å². The number of ether oxygens (including phenoxy) is 4. The number of amides is 1. The maximum atomic E-state index is 13.1. The van der Waals surface area contributed by atoms with Gasteiger partial charge in [0, 0.05) is 12.6 Å². The summed E-state index contributed by atoms with van der Waals surface area (Å²) in [5, 5.41) is 0.758. The second-order valence-electron chi connectivity index (χ2n) is 8.49. The van der Waals surface area contributed by atoms with Gasteiger partial charge in [-0.15, -0.1) is 11.3 Å². The molecule has 10 nitrogen and oxygen atoms in total. The van der Waals surface area contributed by atoms with Gasteiger partial charge < -0.3 is 18.9 Å². The molecule has 0 saturated heterocycles. The molecular formula is C26H20FN5O5S. The first kappa shape index (κ1) is 23.8. The highest BCUT2D eigenvalue weighted by Crippen LogP contribution is 2.44. The summed E-state index contributed by atoms with van der Waals surface area (Å²) in [4.78, 5) is 31.2. The van der Waals surface area contributed by atoms with E-state index in [1.54, 1.807) is 19.4 Å². The zero-order chi connectivity index (χ0) is 26.4. The Morgan fingerprint density at radius 3 is 2.79 bits per heavy atom. The first-order chi connectivity index (χ1) is 18.4. The number of hydrogen-bond acceptors (Lipinski definition) is 10. The molecule has 6 rings (SSSR count). The lowest BCUT2D eigenvalue weighted by Gasteiger charge is -2.27. The molecule has 4 heterocycles. The Kier molecular flexibility index (Phi) is 5.87. The van der Waals surface area contributed by atoms with Gasteiger partial charge >= 0.3 is 6.09 Å². The van der Waals surface area contributed by atoms with E-state index in [9.17, 15) is 9.18 Å². The molecule has 1 amide bonds. The third-order valence-electron chi connectivity index (χ3n) is 5.91. The Balaban J connectivity index is 1.27. The summed E-state index contributed by atoms with van der Waals surface area (Å²) in [6.45, 7) is 1.97. The molecule has 38 heavy (non-hydrogen) atoms. The minimum Gasteiger partial charge on any atom is -0.480 e. The first-order valence-corrected chi connectivity index (χ1v) is 12.3. The number of methoxy groups -OCH3 is 1. The zero-order valence-electron chi connectivity index (χ0n) is 20.5. The van der Waals surface area contributed by atoms with E-state index in [1.165, 1.54) is 35.5 Å². The lowest BCUT2D eigenvalue weighted by Crippen LogP contribution is -2.38. The summed E-state index contributed by atoms with van der Waals surface area (Å²) >= 11 is 1.45. The largest absolute Gasteiger partial charge is 0.480 e. The van der Waals surface area contributed by atoms with E-state index < -0.39 is 18.3 Å². The standard InChI is InChI=1S/C26H20FN5O5S/c1-13-8-15(22-17(9-13)30-20(34-3)11-29-22)25-31-16-5-6-18-23(24(16)38-25)35-12-21(36-18)37-26(33)32(2)14-4-7-19(27)28-10-14/h4-11,21H,12H2,1-3H3/t21-/m1/s1. The predicted octanol–water partition coefficient (Wildman–Crippen LogP) is 5.13. The summed E-state index contributed by atoms with van der Waals surface area (Å²) < 4.78 is 36.5. The molecular weight excluding hydrogens is 513 g/mol. The zero-order valence-corrected chi connectivity index (χ0v) is 21.3. The van der Waals surface area contributed by atoms with Crippen molar-refractivity contribution in [1.29, 1.82) is 0 Å². The average molecular weight is 534 g/mol. The minimum atomic E-state index is -0.971. The fraction of sp³-hybridized carbons (Fsp3) is 0.192. The molecule has 12 heteroatoms. The van der Waals surface area contributed by atoms with Crippen LogP contribution in [0, 0.1) is 12.9 Å². The van der Waals surface area contributed by atoms with Crippen LogP contribution in [0.25, 0.3) is 31.8 Å². The Morgan fingerprint density at radius 2 is 2.00 bits per heavy atom. The SMILES string of the molecule is COc1cnc2c(-c3nc4ccc5c(c4s3)OC[C@@H](OC(=O)N(C)c3ccc(F)nc3)O5)cc(C)cc2n1. The second kappa shape index (κ2) is 9.38. The normalized spacial score (nSPS) is 14.5. The van der Waals surface area contributed by atoms with Crippen molar-refractivity contribution in [2.24, 2.45) is 0 Å². The Morgan fingerprint density at radius 1 is 1.13 bits per heavy atom. The van der Waals surface area contributed by atoms with Crippen molar-refractivity contribution < 1.29 is 28.1 Å². The number of thiazole rings is 1. The number of pyridine rings is 1. The number of benzene rings is 2. The van der Waals surface area contributed by atoms with Crippen molar-refractivity contribution in [3.05, 3.63) is 60.3 Å². The maximum Gasteiger partial charge on any atom is 0.417 e. The highest BCUT2D eigenvalue weighted by atomic mass is 32.1. The van der Waals surface area contributed by atoms with Crippen LogP contribution in [-0.2, 0) is 4.74 Å². The van der Waals surface area contributed by atoms with Crippen molar-refractivity contribution in [2.75, 3.05) is 25.7 Å². The third kappa shape index (κ3) is 4.28. The van der Waals surface area contributed by atoms with E-state index >= 15 is 0 Å². The van der Waals surface area contributed by atoms with Crippen molar-refractivity contribution in [3.63, 3.8) is 0 Å². The number of hydrogen-bond donors (Lipinski definition) is 0. The number of nitrogens with zero attached hydrogens (tertiary/aromatic N) is 5. The van der Waals surface area contributed by atoms with Crippen LogP contribution in [0.2, 0.25) is 0 Å². The van der Waals surface area contributed by atoms with Crippen molar-refractivity contribution in [3.8, 4) is 28.0 Å². The quantitative estimate of drug-likeness (QED) is 0.291. The summed E-state index contributed by atoms with van der Waals surface area (Å²) in [6, 6.07) is 10.1. The van der Waals surface area contributed by atoms with Crippen LogP contribution in [0.5, 0.6) is 17.4 Å². The molecule has 5 aromatic rings. The molecule has 3 aromatic heterocycles. The Hall–Kier alpha value is -4.58. The number of aromatic nitrogens is 4. The van der Waals surface area contributed by atoms with Crippen LogP contribution in [0.1, 0.15) is 5.56 Å². The first-order valence-electron chi connectivity index (χ1n) is 11.5. The molecule has 0 aliphatic carbocycles. The second-order valence-corrected chi connectivity index (χ2v) is 9.49. The lowest BCUT2D eigenvalue weighted by atomic mass is 10.1. The number of rotatable bonds is 4. The van der Waals surface area contributed by atoms with Crippen molar-refractivity contribution >= 4 is 44.4 Å². The van der Waals surface area contributed by atoms with Gasteiger partial charge in [-0.1, -0.05) is 0 Å². The van der Waals surface area contributed by atoms with Crippen LogP contribution < -0.4 is 19.1 Å². The molecule has 0 N–H and O–H groups in total. The lowest BCUT2D eigenvalue weighted by molar-refractivity contribution is -0.0717. The average Bonchev–Trinajstić information content (AvgIpc) is 3.37. The van der Waals surface area contributed by atoms with Crippen LogP contribution in [-0.4, -0.2) is 53.1 Å². The van der Waals surface area contributed by atoms with Gasteiger partial charge in [-0.3, -0.25) is 4.90 Å². The maximum absolute atomic E-state index is 13.1. The van der Waals surface area contributed by atoms with Crippen molar-refractivity contribution in [1.82, 2.24) is 19.9 Å². The molecule has 0 fully saturated rings. The van der Waals surface area contributed by atoms with E-state index in [0.717, 1.165) is 32.4 Å². The number of aryl methyl sites for hydroxylation is 1. The van der Waals surface area contributed by atoms with Gasteiger partial charge in [0.05, 0.1) is 41.7 Å². The van der Waals surface area contributed by atoms with Gasteiger partial charge in [-0.2, -0.15) is 4.39 Å². The summed E-state index contributed by atoms with van der Waals surface area (Å²) in [5.41, 5.74) is 4.41. The number of halogens is 1. The van der Waals surface area contributed by atoms with Crippen molar-refractivity contribution in [2.45, 2.75) is 13.2 Å². The highest BCUT2D eigenvalue weighted by molar-refractivity contribution is 7.22. The van der Waals surface area contributed by atoms with E-state index in [0.29, 0.717) is 34.1 Å². The fourth-order valence-corrected chi connectivity index (χ4v) is 5.13. The van der Waals surface area contributed by atoms with Crippen LogP contribution in [0.15, 0.2) is 48.8 Å². The van der Waals surface area contributed by atoms with Gasteiger partial charge in [-0.25, -0.2) is 24.7 Å². The molecule has 0 radical (unpaired) electrons. The van der Waals surface area contributed by atoms with Gasteiger partial charge in [0.25, 0.3) is 6.29 Å². The van der Waals surface area contributed by atoms with Gasteiger partial charge in [0.2, 0.25) is 11.8 Å². The minimum absolute atomic E-state index is 0.0146. The molecule has 0 unspecified atom stereocenters. The number of carbonyl (C=O) groups is 1. The molecule has 2 aromatic carbocycles. The molecule has 1 aliphatic heterocycles. The van der Waals surface area contributed by atoms with Gasteiger partial charge in [0.15, 0.2) is 18.1 Å². The Bertz CT molecular complexity index is 1690. The summed E-state index contributed by atoms with van der Waals surface area (Å²) in [5.74, 6) is 0.756. The number of fused-ring (bicyclic) bond motifs is 4. The van der Waals surface area contributed by atoms with Gasteiger partial charge in [0.1, 0.15) is 9.71 Å². The van der Waals surface area contributed by atoms with Crippen LogP contribution >= 0.6 is 11.3 Å². The number of anilines is 1. The summed E-state index contributed by atoms with van der Waals surface area (Å²) in [7, 11) is 3.05. The molecule has 0 spiro atoms. The Labute approximate surface area is 219 Å². The number of carbonyl (C=O) groups excluding carboxylic acids is 1. The fourth-order valence-electron chi connectivity index (χ4n) is 4.05. The molecule has 1 aliphatic rings. The monoisotopic (exact) mass is 533 g/mol. The smallest absolute Gasteiger partial charge is 0.417 e. The molecule has 0 saturated carbocycles. The van der Waals surface area contributed by atoms with Crippen LogP contribution in [0.4, 0.5) is 14.9 Å². The molecule has 0 bridgehead atoms. The van der Waals surface area contributed by atoms with Crippen LogP contribution in [0.3, 0.4) is 0 Å². The molecule has 192 valence electrons. The predicted molar refractivity (Wildman–Crippen MR) is 138 cm³/mol. The van der Waals surface area contributed by atoms with Gasteiger partial charge in [-0.05, 0) is 48.9 Å². The van der Waals surface area contributed by atoms with E-state index in [1.807, 2.05) is 25.1 Å².